The van der Waals surface area contributed by atoms with Crippen LogP contribution in [0.1, 0.15) is 156 Å². The van der Waals surface area contributed by atoms with Gasteiger partial charge in [-0.15, -0.1) is 0 Å². The molecule has 0 saturated heterocycles. The molecule has 0 fully saturated rings. The summed E-state index contributed by atoms with van der Waals surface area (Å²) in [6, 6.07) is -0.180. The number of carbonyl (C=O) groups is 1. The van der Waals surface area contributed by atoms with E-state index in [-0.39, 0.29) is 11.8 Å². The molecule has 0 amide bonds. The number of nitrogens with one attached hydrogen (secondary N) is 1. The second kappa shape index (κ2) is 23.3. The summed E-state index contributed by atoms with van der Waals surface area (Å²) >= 11 is 0. The molecule has 0 aliphatic rings. The van der Waals surface area contributed by atoms with Gasteiger partial charge in [-0.2, -0.15) is 0 Å². The highest BCUT2D eigenvalue weighted by molar-refractivity contribution is 5.83. The topological polar surface area (TPSA) is 49.3 Å². The Morgan fingerprint density at radius 1 is 0.633 bits per heavy atom. The van der Waals surface area contributed by atoms with Crippen molar-refractivity contribution in [3.8, 4) is 0 Å². The van der Waals surface area contributed by atoms with Crippen LogP contribution in [0.2, 0.25) is 0 Å². The van der Waals surface area contributed by atoms with Gasteiger partial charge in [0, 0.05) is 6.42 Å². The van der Waals surface area contributed by atoms with Crippen LogP contribution in [-0.2, 0) is 4.79 Å². The minimum Gasteiger partial charge on any atom is -0.379 e. The summed E-state index contributed by atoms with van der Waals surface area (Å²) in [6.45, 7) is 5.96. The van der Waals surface area contributed by atoms with Gasteiger partial charge in [-0.25, -0.2) is 0 Å². The lowest BCUT2D eigenvalue weighted by Gasteiger charge is -2.17. The van der Waals surface area contributed by atoms with Gasteiger partial charge in [0.05, 0.1) is 6.04 Å². The van der Waals surface area contributed by atoms with Gasteiger partial charge in [0.2, 0.25) is 0 Å². The Labute approximate surface area is 189 Å². The van der Waals surface area contributed by atoms with E-state index in [0.29, 0.717) is 6.42 Å². The molecule has 3 heteroatoms. The first-order valence-electron chi connectivity index (χ1n) is 13.6. The van der Waals surface area contributed by atoms with Crippen LogP contribution >= 0.6 is 0 Å². The van der Waals surface area contributed by atoms with Crippen molar-refractivity contribution in [1.82, 2.24) is 5.32 Å². The lowest BCUT2D eigenvalue weighted by molar-refractivity contribution is -0.122. The molecule has 0 aromatic carbocycles. The summed E-state index contributed by atoms with van der Waals surface area (Å²) in [5.41, 5.74) is 0. The summed E-state index contributed by atoms with van der Waals surface area (Å²) in [6.07, 6.45) is 26.9. The van der Waals surface area contributed by atoms with Crippen molar-refractivity contribution >= 4 is 5.78 Å². The van der Waals surface area contributed by atoms with E-state index in [0.717, 1.165) is 19.3 Å². The Morgan fingerprint density at radius 2 is 0.967 bits per heavy atom. The van der Waals surface area contributed by atoms with Crippen molar-refractivity contribution < 1.29 is 9.90 Å². The summed E-state index contributed by atoms with van der Waals surface area (Å²) < 4.78 is 0. The fraction of sp³-hybridized carbons (Fsp3) is 0.963. The third kappa shape index (κ3) is 20.8. The summed E-state index contributed by atoms with van der Waals surface area (Å²) in [5.74, 6) is 0.255. The van der Waals surface area contributed by atoms with Crippen LogP contribution < -0.4 is 5.32 Å². The number of aliphatic hydroxyl groups excluding tert-OH is 1. The zero-order valence-corrected chi connectivity index (χ0v) is 20.9. The fourth-order valence-electron chi connectivity index (χ4n) is 4.28. The highest BCUT2D eigenvalue weighted by atomic mass is 16.3. The summed E-state index contributed by atoms with van der Waals surface area (Å²) in [7, 11) is 0. The molecule has 0 aliphatic carbocycles. The SMILES string of the molecule is CCCCCCCCCCCCCCCCCCCCCC(=O)C(CC)NC(C)O. The minimum absolute atomic E-state index is 0.180. The van der Waals surface area contributed by atoms with E-state index >= 15 is 0 Å². The molecule has 2 atom stereocenters. The van der Waals surface area contributed by atoms with Crippen molar-refractivity contribution in [2.45, 2.75) is 168 Å². The van der Waals surface area contributed by atoms with Crippen LogP contribution in [0.15, 0.2) is 0 Å². The van der Waals surface area contributed by atoms with Crippen molar-refractivity contribution in [3.63, 3.8) is 0 Å². The summed E-state index contributed by atoms with van der Waals surface area (Å²) in [4.78, 5) is 12.1. The molecule has 0 saturated carbocycles. The monoisotopic (exact) mass is 425 g/mol. The van der Waals surface area contributed by atoms with Crippen LogP contribution in [0.4, 0.5) is 0 Å². The van der Waals surface area contributed by atoms with Gasteiger partial charge >= 0.3 is 0 Å². The highest BCUT2D eigenvalue weighted by Gasteiger charge is 2.16. The first kappa shape index (κ1) is 29.6. The predicted octanol–water partition coefficient (Wildman–Crippen LogP) is 8.08. The highest BCUT2D eigenvalue weighted by Crippen LogP contribution is 2.15. The molecule has 0 aromatic rings. The number of aliphatic hydroxyl groups is 1. The van der Waals surface area contributed by atoms with E-state index in [1.54, 1.807) is 6.92 Å². The minimum atomic E-state index is -0.607. The predicted molar refractivity (Wildman–Crippen MR) is 132 cm³/mol. The average Bonchev–Trinajstić information content (AvgIpc) is 2.73. The van der Waals surface area contributed by atoms with E-state index in [1.807, 2.05) is 6.92 Å². The number of rotatable bonds is 24. The quantitative estimate of drug-likeness (QED) is 0.121. The summed E-state index contributed by atoms with van der Waals surface area (Å²) in [5, 5.41) is 12.3. The van der Waals surface area contributed by atoms with Gasteiger partial charge in [0.25, 0.3) is 0 Å². The number of carbonyl (C=O) groups excluding carboxylic acids is 1. The van der Waals surface area contributed by atoms with Crippen molar-refractivity contribution in [2.75, 3.05) is 0 Å². The maximum atomic E-state index is 12.1. The van der Waals surface area contributed by atoms with Gasteiger partial charge in [0.15, 0.2) is 0 Å². The molecule has 2 unspecified atom stereocenters. The van der Waals surface area contributed by atoms with E-state index in [9.17, 15) is 9.90 Å². The lowest BCUT2D eigenvalue weighted by Crippen LogP contribution is -2.41. The second-order valence-corrected chi connectivity index (χ2v) is 9.38. The third-order valence-electron chi connectivity index (χ3n) is 6.27. The Morgan fingerprint density at radius 3 is 1.27 bits per heavy atom. The van der Waals surface area contributed by atoms with E-state index in [2.05, 4.69) is 12.2 Å². The molecule has 2 N–H and O–H groups in total. The van der Waals surface area contributed by atoms with Crippen LogP contribution in [0.5, 0.6) is 0 Å². The molecule has 0 bridgehead atoms. The molecule has 0 heterocycles. The normalized spacial score (nSPS) is 13.5. The Balaban J connectivity index is 3.23. The first-order valence-corrected chi connectivity index (χ1v) is 13.6. The van der Waals surface area contributed by atoms with E-state index in [4.69, 9.17) is 0 Å². The standard InChI is InChI=1S/C27H55NO2/c1-4-6-7-8-9-10-11-12-13-14-15-16-17-18-19-20-21-22-23-24-27(30)26(5-2)28-25(3)29/h25-26,28-29H,4-24H2,1-3H3. The van der Waals surface area contributed by atoms with Gasteiger partial charge < -0.3 is 5.11 Å². The average molecular weight is 426 g/mol. The first-order chi connectivity index (χ1) is 14.6. The molecular weight excluding hydrogens is 370 g/mol. The third-order valence-corrected chi connectivity index (χ3v) is 6.27. The second-order valence-electron chi connectivity index (χ2n) is 9.38. The van der Waals surface area contributed by atoms with Crippen molar-refractivity contribution in [1.29, 1.82) is 0 Å². The van der Waals surface area contributed by atoms with Crippen LogP contribution in [0.3, 0.4) is 0 Å². The molecule has 0 spiro atoms. The Bertz CT molecular complexity index is 357. The lowest BCUT2D eigenvalue weighted by atomic mass is 10.0. The van der Waals surface area contributed by atoms with Crippen molar-refractivity contribution in [3.05, 3.63) is 0 Å². The number of hydrogen-bond donors (Lipinski definition) is 2. The molecule has 0 rings (SSSR count). The maximum Gasteiger partial charge on any atom is 0.149 e. The van der Waals surface area contributed by atoms with Crippen LogP contribution in [0, 0.1) is 0 Å². The molecule has 0 radical (unpaired) electrons. The van der Waals surface area contributed by atoms with E-state index in [1.165, 1.54) is 109 Å². The largest absolute Gasteiger partial charge is 0.379 e. The number of ketones is 1. The zero-order valence-electron chi connectivity index (χ0n) is 20.9. The Hall–Kier alpha value is -0.410. The molecule has 180 valence electrons. The van der Waals surface area contributed by atoms with Gasteiger partial charge in [-0.3, -0.25) is 10.1 Å². The number of hydrogen-bond acceptors (Lipinski definition) is 3. The fourth-order valence-corrected chi connectivity index (χ4v) is 4.28. The smallest absolute Gasteiger partial charge is 0.149 e. The zero-order chi connectivity index (χ0) is 22.3. The van der Waals surface area contributed by atoms with Gasteiger partial charge in [0.1, 0.15) is 12.0 Å². The molecule has 30 heavy (non-hydrogen) atoms. The molecule has 3 nitrogen and oxygen atoms in total. The molecular formula is C27H55NO2. The maximum absolute atomic E-state index is 12.1. The molecule has 0 aromatic heterocycles. The van der Waals surface area contributed by atoms with Crippen molar-refractivity contribution in [2.24, 2.45) is 0 Å². The van der Waals surface area contributed by atoms with Gasteiger partial charge in [-0.1, -0.05) is 129 Å². The van der Waals surface area contributed by atoms with Crippen LogP contribution in [0.25, 0.3) is 0 Å². The number of Topliss-reactive ketones (excluding diaryl/α,β-unsaturated/α-hetero) is 1. The molecule has 0 aliphatic heterocycles. The Kier molecular flexibility index (Phi) is 22.9. The van der Waals surface area contributed by atoms with Gasteiger partial charge in [-0.05, 0) is 19.8 Å². The van der Waals surface area contributed by atoms with E-state index < -0.39 is 6.23 Å². The van der Waals surface area contributed by atoms with Crippen LogP contribution in [-0.4, -0.2) is 23.2 Å². The number of unbranched alkanes of at least 4 members (excludes halogenated alkanes) is 18.